The van der Waals surface area contributed by atoms with Crippen LogP contribution in [-0.4, -0.2) is 19.9 Å². The average Bonchev–Trinajstić information content (AvgIpc) is 3.29. The highest BCUT2D eigenvalue weighted by Crippen LogP contribution is 2.56. The van der Waals surface area contributed by atoms with E-state index in [2.05, 4.69) is 75.1 Å². The minimum absolute atomic E-state index is 0.153. The maximum atomic E-state index is 9.53. The first-order valence-corrected chi connectivity index (χ1v) is 16.7. The van der Waals surface area contributed by atoms with Gasteiger partial charge in [-0.05, 0) is 113 Å². The fourth-order valence-electron chi connectivity index (χ4n) is 9.25. The predicted molar refractivity (Wildman–Crippen MR) is 183 cm³/mol. The zero-order valence-electron chi connectivity index (χ0n) is 27.1. The van der Waals surface area contributed by atoms with Crippen molar-refractivity contribution in [2.75, 3.05) is 0 Å². The standard InChI is InChI=1S/C41H39N5/c1-25-16-28-17-26(2)22-41(21-25,23-28)31-12-14-34-33(20-31)32-13-11-30(19-35(32)40(34,3)4)38-44-37(29-9-7-8-27(18-29)24-42)45-39(46-38)36-10-5-6-15-43-36/h5-15,18-20,25-26,28H,16-17,21-23H2,1-4H3/t25-,26+,28?,41?. The lowest BCUT2D eigenvalue weighted by atomic mass is 9.54. The molecule has 4 atom stereocenters. The zero-order chi connectivity index (χ0) is 31.6. The molecule has 8 rings (SSSR count). The van der Waals surface area contributed by atoms with E-state index in [0.717, 1.165) is 28.9 Å². The first-order chi connectivity index (χ1) is 22.2. The van der Waals surface area contributed by atoms with Gasteiger partial charge in [0.2, 0.25) is 0 Å². The van der Waals surface area contributed by atoms with E-state index in [1.54, 1.807) is 17.8 Å². The van der Waals surface area contributed by atoms with Crippen molar-refractivity contribution in [1.82, 2.24) is 19.9 Å². The molecule has 0 aliphatic heterocycles. The molecule has 0 radical (unpaired) electrons. The van der Waals surface area contributed by atoms with Crippen LogP contribution < -0.4 is 0 Å². The van der Waals surface area contributed by atoms with Crippen LogP contribution in [0.25, 0.3) is 45.4 Å². The molecule has 2 saturated carbocycles. The van der Waals surface area contributed by atoms with Gasteiger partial charge in [-0.25, -0.2) is 15.0 Å². The van der Waals surface area contributed by atoms with Crippen molar-refractivity contribution in [3.8, 4) is 51.5 Å². The number of hydrogen-bond donors (Lipinski definition) is 0. The van der Waals surface area contributed by atoms with Gasteiger partial charge in [0, 0.05) is 22.7 Å². The largest absolute Gasteiger partial charge is 0.253 e. The van der Waals surface area contributed by atoms with Crippen LogP contribution in [0.3, 0.4) is 0 Å². The fourth-order valence-corrected chi connectivity index (χ4v) is 9.25. The highest BCUT2D eigenvalue weighted by Gasteiger charge is 2.46. The van der Waals surface area contributed by atoms with Gasteiger partial charge in [0.1, 0.15) is 5.69 Å². The van der Waals surface area contributed by atoms with E-state index in [0.29, 0.717) is 34.1 Å². The van der Waals surface area contributed by atoms with Gasteiger partial charge >= 0.3 is 0 Å². The van der Waals surface area contributed by atoms with Crippen molar-refractivity contribution in [2.24, 2.45) is 17.8 Å². The lowest BCUT2D eigenvalue weighted by molar-refractivity contribution is 0.0780. The topological polar surface area (TPSA) is 75.3 Å². The summed E-state index contributed by atoms with van der Waals surface area (Å²) in [5.74, 6) is 4.06. The second-order valence-corrected chi connectivity index (χ2v) is 14.8. The van der Waals surface area contributed by atoms with Crippen molar-refractivity contribution < 1.29 is 0 Å². The summed E-state index contributed by atoms with van der Waals surface area (Å²) in [5, 5.41) is 9.53. The third-order valence-corrected chi connectivity index (χ3v) is 11.0. The van der Waals surface area contributed by atoms with Crippen molar-refractivity contribution in [3.63, 3.8) is 0 Å². The van der Waals surface area contributed by atoms with Crippen LogP contribution in [0.2, 0.25) is 0 Å². The van der Waals surface area contributed by atoms with Crippen molar-refractivity contribution in [1.29, 1.82) is 5.26 Å². The molecule has 228 valence electrons. The third-order valence-electron chi connectivity index (χ3n) is 11.0. The Kier molecular flexibility index (Phi) is 6.69. The third kappa shape index (κ3) is 4.74. The summed E-state index contributed by atoms with van der Waals surface area (Å²) < 4.78 is 0. The summed E-state index contributed by atoms with van der Waals surface area (Å²) in [5.41, 5.74) is 10.0. The molecule has 0 spiro atoms. The molecule has 5 aromatic rings. The monoisotopic (exact) mass is 601 g/mol. The Balaban J connectivity index is 1.24. The smallest absolute Gasteiger partial charge is 0.182 e. The van der Waals surface area contributed by atoms with E-state index in [1.165, 1.54) is 54.4 Å². The average molecular weight is 602 g/mol. The van der Waals surface area contributed by atoms with E-state index in [-0.39, 0.29) is 5.41 Å². The number of hydrogen-bond acceptors (Lipinski definition) is 5. The molecule has 0 amide bonds. The lowest BCUT2D eigenvalue weighted by Gasteiger charge is -2.50. The van der Waals surface area contributed by atoms with Crippen LogP contribution in [0.5, 0.6) is 0 Å². The van der Waals surface area contributed by atoms with E-state index in [1.807, 2.05) is 36.4 Å². The van der Waals surface area contributed by atoms with Gasteiger partial charge in [-0.1, -0.05) is 76.2 Å². The van der Waals surface area contributed by atoms with Gasteiger partial charge < -0.3 is 0 Å². The molecule has 5 heteroatoms. The van der Waals surface area contributed by atoms with E-state index in [9.17, 15) is 5.26 Å². The normalized spacial score (nSPS) is 24.1. The number of aromatic nitrogens is 4. The molecule has 46 heavy (non-hydrogen) atoms. The summed E-state index contributed by atoms with van der Waals surface area (Å²) in [6.07, 6.45) is 8.48. The van der Waals surface area contributed by atoms with Gasteiger partial charge in [0.05, 0.1) is 11.6 Å². The van der Waals surface area contributed by atoms with Gasteiger partial charge in [-0.3, -0.25) is 4.98 Å². The lowest BCUT2D eigenvalue weighted by Crippen LogP contribution is -2.42. The van der Waals surface area contributed by atoms with Crippen molar-refractivity contribution in [2.45, 2.75) is 70.6 Å². The molecule has 3 aliphatic carbocycles. The molecule has 0 saturated heterocycles. The Morgan fingerprint density at radius 2 is 1.43 bits per heavy atom. The van der Waals surface area contributed by atoms with Gasteiger partial charge in [-0.15, -0.1) is 0 Å². The molecular weight excluding hydrogens is 562 g/mol. The highest BCUT2D eigenvalue weighted by molar-refractivity contribution is 5.83. The summed E-state index contributed by atoms with van der Waals surface area (Å²) in [4.78, 5) is 19.2. The molecule has 3 aromatic carbocycles. The predicted octanol–water partition coefficient (Wildman–Crippen LogP) is 9.55. The molecule has 0 N–H and O–H groups in total. The summed E-state index contributed by atoms with van der Waals surface area (Å²) in [7, 11) is 0. The molecule has 2 heterocycles. The minimum Gasteiger partial charge on any atom is -0.253 e. The van der Waals surface area contributed by atoms with Crippen LogP contribution in [0, 0.1) is 29.1 Å². The van der Waals surface area contributed by atoms with E-state index < -0.39 is 0 Å². The van der Waals surface area contributed by atoms with Crippen molar-refractivity contribution >= 4 is 0 Å². The molecular formula is C41H39N5. The van der Waals surface area contributed by atoms with E-state index >= 15 is 0 Å². The van der Waals surface area contributed by atoms with Crippen molar-refractivity contribution in [3.05, 3.63) is 107 Å². The highest BCUT2D eigenvalue weighted by atomic mass is 15.0. The molecule has 5 nitrogen and oxygen atoms in total. The number of nitrogens with zero attached hydrogens (tertiary/aromatic N) is 5. The Labute approximate surface area is 271 Å². The van der Waals surface area contributed by atoms with Gasteiger partial charge in [0.25, 0.3) is 0 Å². The minimum atomic E-state index is -0.153. The number of rotatable bonds is 4. The number of benzene rings is 3. The zero-order valence-corrected chi connectivity index (χ0v) is 27.1. The van der Waals surface area contributed by atoms with Crippen LogP contribution in [0.4, 0.5) is 0 Å². The van der Waals surface area contributed by atoms with Crippen LogP contribution in [-0.2, 0) is 10.8 Å². The quantitative estimate of drug-likeness (QED) is 0.205. The first-order valence-electron chi connectivity index (χ1n) is 16.7. The molecule has 2 aromatic heterocycles. The Hall–Kier alpha value is -4.69. The number of fused-ring (bicyclic) bond motifs is 5. The second kappa shape index (κ2) is 10.7. The molecule has 2 fully saturated rings. The SMILES string of the molecule is C[C@@H]1CC2C[C@H](C)CC(c3ccc4c(c3)-c3ccc(-c5nc(-c6cccc(C#N)c6)nc(-c6ccccn6)n5)cc3C4(C)C)(C2)C1. The summed E-state index contributed by atoms with van der Waals surface area (Å²) >= 11 is 0. The number of pyridine rings is 1. The van der Waals surface area contributed by atoms with E-state index in [4.69, 9.17) is 15.0 Å². The number of nitriles is 1. The first kappa shape index (κ1) is 28.8. The maximum Gasteiger partial charge on any atom is 0.182 e. The second-order valence-electron chi connectivity index (χ2n) is 14.8. The summed E-state index contributed by atoms with van der Waals surface area (Å²) in [6.45, 7) is 9.62. The Morgan fingerprint density at radius 1 is 0.696 bits per heavy atom. The fraction of sp³-hybridized carbons (Fsp3) is 0.341. The van der Waals surface area contributed by atoms with Crippen LogP contribution in [0.15, 0.2) is 85.1 Å². The Bertz CT molecular complexity index is 2000. The Morgan fingerprint density at radius 3 is 2.15 bits per heavy atom. The van der Waals surface area contributed by atoms with Crippen LogP contribution >= 0.6 is 0 Å². The van der Waals surface area contributed by atoms with Gasteiger partial charge in [-0.2, -0.15) is 5.26 Å². The molecule has 2 bridgehead atoms. The summed E-state index contributed by atoms with van der Waals surface area (Å²) in [6, 6.07) is 29.5. The maximum absolute atomic E-state index is 9.53. The van der Waals surface area contributed by atoms with Crippen LogP contribution in [0.1, 0.15) is 82.1 Å². The van der Waals surface area contributed by atoms with Gasteiger partial charge in [0.15, 0.2) is 17.5 Å². The molecule has 2 unspecified atom stereocenters. The molecule has 3 aliphatic rings.